The lowest BCUT2D eigenvalue weighted by Crippen LogP contribution is -2.43. The van der Waals surface area contributed by atoms with E-state index in [1.54, 1.807) is 12.1 Å². The van der Waals surface area contributed by atoms with E-state index in [9.17, 15) is 14.0 Å². The van der Waals surface area contributed by atoms with Crippen LogP contribution < -0.4 is 19.5 Å². The number of methoxy groups -OCH3 is 4. The predicted octanol–water partition coefficient (Wildman–Crippen LogP) is 3.06. The summed E-state index contributed by atoms with van der Waals surface area (Å²) in [5, 5.41) is 2.67. The molecule has 0 aliphatic rings. The Kier molecular flexibility index (Phi) is 8.79. The molecule has 2 aromatic carbocycles. The predicted molar refractivity (Wildman–Crippen MR) is 112 cm³/mol. The van der Waals surface area contributed by atoms with Crippen LogP contribution in [-0.2, 0) is 15.3 Å². The lowest BCUT2D eigenvalue weighted by atomic mass is 10.1. The number of benzene rings is 2. The molecule has 0 saturated carbocycles. The molecule has 30 heavy (non-hydrogen) atoms. The van der Waals surface area contributed by atoms with Crippen LogP contribution in [0.4, 0.5) is 4.39 Å². The second-order valence-corrected chi connectivity index (χ2v) is 7.14. The molecule has 0 aliphatic heterocycles. The van der Waals surface area contributed by atoms with Gasteiger partial charge in [0.2, 0.25) is 5.75 Å². The zero-order valence-electron chi connectivity index (χ0n) is 17.2. The van der Waals surface area contributed by atoms with Crippen LogP contribution in [0, 0.1) is 5.82 Å². The van der Waals surface area contributed by atoms with Crippen molar-refractivity contribution in [2.24, 2.45) is 0 Å². The highest BCUT2D eigenvalue weighted by atomic mass is 32.2. The van der Waals surface area contributed by atoms with Crippen LogP contribution in [0.3, 0.4) is 0 Å². The van der Waals surface area contributed by atoms with Gasteiger partial charge in [0.05, 0.1) is 28.4 Å². The third-order valence-corrected chi connectivity index (χ3v) is 5.29. The number of hydrogen-bond donors (Lipinski definition) is 1. The molecular formula is C21H24FNO6S. The molecule has 162 valence electrons. The van der Waals surface area contributed by atoms with Crippen LogP contribution in [0.15, 0.2) is 36.4 Å². The topological polar surface area (TPSA) is 83.1 Å². The molecular weight excluding hydrogens is 413 g/mol. The monoisotopic (exact) mass is 437 g/mol. The van der Waals surface area contributed by atoms with Crippen molar-refractivity contribution in [2.45, 2.75) is 11.8 Å². The molecule has 0 bridgehead atoms. The molecule has 1 unspecified atom stereocenters. The van der Waals surface area contributed by atoms with E-state index in [1.807, 2.05) is 0 Å². The maximum absolute atomic E-state index is 13.0. The van der Waals surface area contributed by atoms with Gasteiger partial charge < -0.3 is 24.3 Å². The first-order chi connectivity index (χ1) is 14.4. The molecule has 0 aliphatic carbocycles. The third kappa shape index (κ3) is 6.03. The first-order valence-corrected chi connectivity index (χ1v) is 10.1. The van der Waals surface area contributed by atoms with Gasteiger partial charge in [-0.1, -0.05) is 12.1 Å². The Balaban J connectivity index is 2.11. The highest BCUT2D eigenvalue weighted by Gasteiger charge is 2.24. The molecule has 0 spiro atoms. The maximum Gasteiger partial charge on any atom is 0.329 e. The molecule has 1 N–H and O–H groups in total. The summed E-state index contributed by atoms with van der Waals surface area (Å²) < 4.78 is 33.6. The van der Waals surface area contributed by atoms with Gasteiger partial charge in [0, 0.05) is 17.1 Å². The molecule has 9 heteroatoms. The summed E-state index contributed by atoms with van der Waals surface area (Å²) in [6.45, 7) is 0. The van der Waals surface area contributed by atoms with Crippen molar-refractivity contribution in [2.75, 3.05) is 34.2 Å². The van der Waals surface area contributed by atoms with E-state index in [4.69, 9.17) is 18.9 Å². The number of nitrogens with one attached hydrogen (secondary N) is 1. The van der Waals surface area contributed by atoms with Gasteiger partial charge in [-0.3, -0.25) is 4.79 Å². The van der Waals surface area contributed by atoms with Crippen LogP contribution in [0.5, 0.6) is 17.2 Å². The van der Waals surface area contributed by atoms with Gasteiger partial charge in [0.15, 0.2) is 11.5 Å². The second kappa shape index (κ2) is 11.3. The number of carbonyl (C=O) groups is 2. The van der Waals surface area contributed by atoms with E-state index in [1.165, 1.54) is 64.5 Å². The summed E-state index contributed by atoms with van der Waals surface area (Å²) >= 11 is 1.42. The van der Waals surface area contributed by atoms with Crippen molar-refractivity contribution < 1.29 is 32.9 Å². The van der Waals surface area contributed by atoms with E-state index in [0.29, 0.717) is 23.0 Å². The number of thioether (sulfide) groups is 1. The van der Waals surface area contributed by atoms with Crippen LogP contribution in [0.1, 0.15) is 15.9 Å². The Morgan fingerprint density at radius 1 is 1.00 bits per heavy atom. The van der Waals surface area contributed by atoms with E-state index >= 15 is 0 Å². The quantitative estimate of drug-likeness (QED) is 0.572. The van der Waals surface area contributed by atoms with Gasteiger partial charge in [-0.25, -0.2) is 9.18 Å². The first kappa shape index (κ1) is 23.3. The van der Waals surface area contributed by atoms with E-state index in [-0.39, 0.29) is 17.1 Å². The van der Waals surface area contributed by atoms with Crippen LogP contribution in [0.2, 0.25) is 0 Å². The molecule has 0 heterocycles. The summed E-state index contributed by atoms with van der Waals surface area (Å²) in [7, 11) is 5.61. The molecule has 1 amide bonds. The summed E-state index contributed by atoms with van der Waals surface area (Å²) in [6, 6.07) is 8.22. The molecule has 0 saturated heterocycles. The lowest BCUT2D eigenvalue weighted by Gasteiger charge is -2.18. The molecule has 0 fully saturated rings. The minimum Gasteiger partial charge on any atom is -0.493 e. The van der Waals surface area contributed by atoms with Gasteiger partial charge in [0.25, 0.3) is 5.91 Å². The van der Waals surface area contributed by atoms with Crippen molar-refractivity contribution in [1.82, 2.24) is 5.32 Å². The zero-order valence-corrected chi connectivity index (χ0v) is 18.0. The fraction of sp³-hybridized carbons (Fsp3) is 0.333. The highest BCUT2D eigenvalue weighted by molar-refractivity contribution is 7.98. The van der Waals surface area contributed by atoms with Crippen molar-refractivity contribution in [3.05, 3.63) is 53.3 Å². The van der Waals surface area contributed by atoms with Crippen molar-refractivity contribution >= 4 is 23.6 Å². The molecule has 7 nitrogen and oxygen atoms in total. The van der Waals surface area contributed by atoms with Gasteiger partial charge in [-0.15, -0.1) is 0 Å². The van der Waals surface area contributed by atoms with Crippen molar-refractivity contribution in [3.8, 4) is 17.2 Å². The summed E-state index contributed by atoms with van der Waals surface area (Å²) in [4.78, 5) is 24.9. The second-order valence-electron chi connectivity index (χ2n) is 6.10. The van der Waals surface area contributed by atoms with Crippen LogP contribution in [0.25, 0.3) is 0 Å². The van der Waals surface area contributed by atoms with E-state index < -0.39 is 17.9 Å². The van der Waals surface area contributed by atoms with Gasteiger partial charge in [-0.2, -0.15) is 11.8 Å². The van der Waals surface area contributed by atoms with Gasteiger partial charge >= 0.3 is 5.97 Å². The fourth-order valence-corrected chi connectivity index (χ4v) is 3.64. The van der Waals surface area contributed by atoms with Crippen molar-refractivity contribution in [3.63, 3.8) is 0 Å². The van der Waals surface area contributed by atoms with Gasteiger partial charge in [0.1, 0.15) is 11.9 Å². The van der Waals surface area contributed by atoms with Gasteiger partial charge in [-0.05, 0) is 29.8 Å². The smallest absolute Gasteiger partial charge is 0.329 e. The number of ether oxygens (including phenoxy) is 4. The highest BCUT2D eigenvalue weighted by Crippen LogP contribution is 2.38. The zero-order chi connectivity index (χ0) is 22.1. The van der Waals surface area contributed by atoms with E-state index in [0.717, 1.165) is 5.56 Å². The van der Waals surface area contributed by atoms with Crippen LogP contribution >= 0.6 is 11.8 Å². The first-order valence-electron chi connectivity index (χ1n) is 8.94. The Morgan fingerprint density at radius 3 is 2.10 bits per heavy atom. The lowest BCUT2D eigenvalue weighted by molar-refractivity contribution is -0.142. The Hall–Kier alpha value is -2.94. The average Bonchev–Trinajstić information content (AvgIpc) is 2.77. The third-order valence-electron chi connectivity index (χ3n) is 4.18. The average molecular weight is 437 g/mol. The summed E-state index contributed by atoms with van der Waals surface area (Å²) in [5.41, 5.74) is 1.14. The van der Waals surface area contributed by atoms with Crippen LogP contribution in [-0.4, -0.2) is 52.1 Å². The Labute approximate surface area is 178 Å². The minimum atomic E-state index is -0.868. The summed E-state index contributed by atoms with van der Waals surface area (Å²) in [5.74, 6) is 0.456. The SMILES string of the molecule is COC(=O)C(CSCc1ccc(F)cc1)NC(=O)c1cc(OC)c(OC)c(OC)c1. The largest absolute Gasteiger partial charge is 0.493 e. The molecule has 0 radical (unpaired) electrons. The standard InChI is InChI=1S/C21H24FNO6S/c1-26-17-9-14(10-18(27-2)19(17)28-3)20(24)23-16(21(25)29-4)12-30-11-13-5-7-15(22)8-6-13/h5-10,16H,11-12H2,1-4H3,(H,23,24). The molecule has 2 rings (SSSR count). The molecule has 0 aromatic heterocycles. The van der Waals surface area contributed by atoms with Crippen molar-refractivity contribution in [1.29, 1.82) is 0 Å². The normalized spacial score (nSPS) is 11.4. The molecule has 1 atom stereocenters. The maximum atomic E-state index is 13.0. The number of esters is 1. The number of rotatable bonds is 10. The Morgan fingerprint density at radius 2 is 1.60 bits per heavy atom. The Bertz CT molecular complexity index is 849. The number of halogens is 1. The van der Waals surface area contributed by atoms with E-state index in [2.05, 4.69) is 5.32 Å². The minimum absolute atomic E-state index is 0.238. The number of carbonyl (C=O) groups excluding carboxylic acids is 2. The fourth-order valence-electron chi connectivity index (χ4n) is 2.64. The molecule has 2 aromatic rings. The number of hydrogen-bond acceptors (Lipinski definition) is 7. The summed E-state index contributed by atoms with van der Waals surface area (Å²) in [6.07, 6.45) is 0. The number of amides is 1.